The van der Waals surface area contributed by atoms with Crippen molar-refractivity contribution in [2.75, 3.05) is 24.2 Å². The number of rotatable bonds is 4. The highest BCUT2D eigenvalue weighted by Crippen LogP contribution is 2.24. The number of aryl methyl sites for hydroxylation is 2. The SMILES string of the molecule is Cc1nn(C)c(N(C)CCc2ccccc2)c1N. The Balaban J connectivity index is 2.06. The van der Waals surface area contributed by atoms with Crippen LogP contribution in [0.15, 0.2) is 30.3 Å². The highest BCUT2D eigenvalue weighted by atomic mass is 15.4. The highest BCUT2D eigenvalue weighted by Gasteiger charge is 2.13. The maximum atomic E-state index is 6.05. The average Bonchev–Trinajstić information content (AvgIpc) is 2.62. The van der Waals surface area contributed by atoms with Crippen LogP contribution in [0.25, 0.3) is 0 Å². The second-order valence-electron chi connectivity index (χ2n) is 4.60. The third kappa shape index (κ3) is 2.47. The third-order valence-electron chi connectivity index (χ3n) is 3.18. The Kier molecular flexibility index (Phi) is 3.55. The van der Waals surface area contributed by atoms with E-state index in [4.69, 9.17) is 5.73 Å². The topological polar surface area (TPSA) is 47.1 Å². The molecule has 0 saturated heterocycles. The van der Waals surface area contributed by atoms with E-state index in [-0.39, 0.29) is 0 Å². The molecule has 96 valence electrons. The molecule has 18 heavy (non-hydrogen) atoms. The van der Waals surface area contributed by atoms with Gasteiger partial charge in [-0.1, -0.05) is 30.3 Å². The zero-order chi connectivity index (χ0) is 13.1. The fourth-order valence-corrected chi connectivity index (χ4v) is 2.16. The van der Waals surface area contributed by atoms with Crippen LogP contribution in [0.1, 0.15) is 11.3 Å². The van der Waals surface area contributed by atoms with Gasteiger partial charge in [0.1, 0.15) is 5.82 Å². The summed E-state index contributed by atoms with van der Waals surface area (Å²) < 4.78 is 1.84. The molecule has 2 aromatic rings. The van der Waals surface area contributed by atoms with Gasteiger partial charge >= 0.3 is 0 Å². The van der Waals surface area contributed by atoms with Crippen molar-refractivity contribution in [2.24, 2.45) is 7.05 Å². The Bertz CT molecular complexity index is 516. The van der Waals surface area contributed by atoms with Gasteiger partial charge < -0.3 is 10.6 Å². The van der Waals surface area contributed by atoms with Gasteiger partial charge in [0, 0.05) is 20.6 Å². The molecular formula is C14H20N4. The van der Waals surface area contributed by atoms with Crippen LogP contribution >= 0.6 is 0 Å². The quantitative estimate of drug-likeness (QED) is 0.894. The van der Waals surface area contributed by atoms with Crippen LogP contribution in [0.2, 0.25) is 0 Å². The smallest absolute Gasteiger partial charge is 0.150 e. The average molecular weight is 244 g/mol. The molecule has 0 aliphatic carbocycles. The summed E-state index contributed by atoms with van der Waals surface area (Å²) in [6, 6.07) is 10.5. The predicted octanol–water partition coefficient (Wildman–Crippen LogP) is 1.99. The van der Waals surface area contributed by atoms with Crippen molar-refractivity contribution in [3.63, 3.8) is 0 Å². The van der Waals surface area contributed by atoms with Crippen molar-refractivity contribution in [1.82, 2.24) is 9.78 Å². The first-order chi connectivity index (χ1) is 8.59. The van der Waals surface area contributed by atoms with Gasteiger partial charge in [-0.3, -0.25) is 4.68 Å². The molecular weight excluding hydrogens is 224 g/mol. The number of hydrogen-bond acceptors (Lipinski definition) is 3. The summed E-state index contributed by atoms with van der Waals surface area (Å²) in [6.07, 6.45) is 1.00. The minimum Gasteiger partial charge on any atom is -0.394 e. The zero-order valence-electron chi connectivity index (χ0n) is 11.2. The van der Waals surface area contributed by atoms with Gasteiger partial charge in [0.05, 0.1) is 11.4 Å². The summed E-state index contributed by atoms with van der Waals surface area (Å²) in [7, 11) is 3.98. The van der Waals surface area contributed by atoms with Crippen LogP contribution in [0.4, 0.5) is 11.5 Å². The van der Waals surface area contributed by atoms with Crippen molar-refractivity contribution in [1.29, 1.82) is 0 Å². The minimum absolute atomic E-state index is 0.771. The highest BCUT2D eigenvalue weighted by molar-refractivity contribution is 5.65. The number of hydrogen-bond donors (Lipinski definition) is 1. The third-order valence-corrected chi connectivity index (χ3v) is 3.18. The molecule has 0 atom stereocenters. The van der Waals surface area contributed by atoms with Crippen molar-refractivity contribution in [3.8, 4) is 0 Å². The Morgan fingerprint density at radius 2 is 1.94 bits per heavy atom. The molecule has 0 aliphatic rings. The largest absolute Gasteiger partial charge is 0.394 e. The van der Waals surface area contributed by atoms with Gasteiger partial charge in [0.2, 0.25) is 0 Å². The van der Waals surface area contributed by atoms with E-state index in [1.807, 2.05) is 24.7 Å². The number of likely N-dealkylation sites (N-methyl/N-ethyl adjacent to an activating group) is 1. The van der Waals surface area contributed by atoms with E-state index in [0.717, 1.165) is 30.2 Å². The molecule has 0 saturated carbocycles. The molecule has 2 N–H and O–H groups in total. The van der Waals surface area contributed by atoms with E-state index < -0.39 is 0 Å². The molecule has 0 aliphatic heterocycles. The second kappa shape index (κ2) is 5.12. The molecule has 0 radical (unpaired) electrons. The van der Waals surface area contributed by atoms with Crippen molar-refractivity contribution in [2.45, 2.75) is 13.3 Å². The molecule has 2 rings (SSSR count). The Hall–Kier alpha value is -1.97. The molecule has 0 spiro atoms. The number of nitrogen functional groups attached to an aromatic ring is 1. The van der Waals surface area contributed by atoms with Crippen LogP contribution in [-0.4, -0.2) is 23.4 Å². The van der Waals surface area contributed by atoms with E-state index in [9.17, 15) is 0 Å². The second-order valence-corrected chi connectivity index (χ2v) is 4.60. The lowest BCUT2D eigenvalue weighted by molar-refractivity contribution is 0.724. The number of nitrogens with zero attached hydrogens (tertiary/aromatic N) is 3. The molecule has 1 heterocycles. The van der Waals surface area contributed by atoms with Gasteiger partial charge in [-0.2, -0.15) is 5.10 Å². The molecule has 4 nitrogen and oxygen atoms in total. The summed E-state index contributed by atoms with van der Waals surface area (Å²) in [6.45, 7) is 2.86. The molecule has 0 amide bonds. The fourth-order valence-electron chi connectivity index (χ4n) is 2.16. The van der Waals surface area contributed by atoms with Gasteiger partial charge in [-0.05, 0) is 18.9 Å². The summed E-state index contributed by atoms with van der Waals surface area (Å²) >= 11 is 0. The van der Waals surface area contributed by atoms with E-state index in [2.05, 4.69) is 41.3 Å². The van der Waals surface area contributed by atoms with Gasteiger partial charge in [0.15, 0.2) is 0 Å². The summed E-state index contributed by atoms with van der Waals surface area (Å²) in [4.78, 5) is 2.16. The standard InChI is InChI=1S/C14H20N4/c1-11-13(15)14(18(3)16-11)17(2)10-9-12-7-5-4-6-8-12/h4-8H,9-10,15H2,1-3H3. The Labute approximate surface area is 108 Å². The summed E-state index contributed by atoms with van der Waals surface area (Å²) in [5.74, 6) is 0.989. The maximum Gasteiger partial charge on any atom is 0.150 e. The predicted molar refractivity (Wildman–Crippen MR) is 75.8 cm³/mol. The molecule has 1 aromatic carbocycles. The lowest BCUT2D eigenvalue weighted by atomic mass is 10.1. The lowest BCUT2D eigenvalue weighted by Crippen LogP contribution is -2.23. The van der Waals surface area contributed by atoms with Gasteiger partial charge in [-0.15, -0.1) is 0 Å². The van der Waals surface area contributed by atoms with Crippen LogP contribution < -0.4 is 10.6 Å². The van der Waals surface area contributed by atoms with Gasteiger partial charge in [0.25, 0.3) is 0 Å². The first-order valence-corrected chi connectivity index (χ1v) is 6.13. The first kappa shape index (κ1) is 12.5. The van der Waals surface area contributed by atoms with E-state index >= 15 is 0 Å². The molecule has 0 bridgehead atoms. The molecule has 1 aromatic heterocycles. The normalized spacial score (nSPS) is 10.6. The fraction of sp³-hybridized carbons (Fsp3) is 0.357. The molecule has 0 unspecified atom stereocenters. The lowest BCUT2D eigenvalue weighted by Gasteiger charge is -2.19. The van der Waals surface area contributed by atoms with E-state index in [1.165, 1.54) is 5.56 Å². The number of anilines is 2. The van der Waals surface area contributed by atoms with Crippen LogP contribution in [-0.2, 0) is 13.5 Å². The summed E-state index contributed by atoms with van der Waals surface area (Å²) in [5, 5.41) is 4.34. The molecule has 4 heteroatoms. The van der Waals surface area contributed by atoms with Crippen molar-refractivity contribution < 1.29 is 0 Å². The van der Waals surface area contributed by atoms with Gasteiger partial charge in [-0.25, -0.2) is 0 Å². The number of aromatic nitrogens is 2. The van der Waals surface area contributed by atoms with Crippen LogP contribution in [0.5, 0.6) is 0 Å². The van der Waals surface area contributed by atoms with E-state index in [0.29, 0.717) is 0 Å². The monoisotopic (exact) mass is 244 g/mol. The number of nitrogens with two attached hydrogens (primary N) is 1. The van der Waals surface area contributed by atoms with Crippen molar-refractivity contribution >= 4 is 11.5 Å². The van der Waals surface area contributed by atoms with Crippen LogP contribution in [0.3, 0.4) is 0 Å². The van der Waals surface area contributed by atoms with Crippen LogP contribution in [0, 0.1) is 6.92 Å². The Morgan fingerprint density at radius 1 is 1.28 bits per heavy atom. The minimum atomic E-state index is 0.771. The molecule has 0 fully saturated rings. The van der Waals surface area contributed by atoms with E-state index in [1.54, 1.807) is 0 Å². The van der Waals surface area contributed by atoms with Crippen molar-refractivity contribution in [3.05, 3.63) is 41.6 Å². The summed E-state index contributed by atoms with van der Waals surface area (Å²) in [5.41, 5.74) is 9.04. The zero-order valence-corrected chi connectivity index (χ0v) is 11.2. The maximum absolute atomic E-state index is 6.05. The first-order valence-electron chi connectivity index (χ1n) is 6.13. The Morgan fingerprint density at radius 3 is 2.50 bits per heavy atom. The number of benzene rings is 1.